The quantitative estimate of drug-likeness (QED) is 0.125. The molecule has 48 heavy (non-hydrogen) atoms. The van der Waals surface area contributed by atoms with Gasteiger partial charge in [-0.2, -0.15) is 15.1 Å². The second kappa shape index (κ2) is 13.9. The highest BCUT2D eigenvalue weighted by molar-refractivity contribution is 7.52. The van der Waals surface area contributed by atoms with Gasteiger partial charge in [0.1, 0.15) is 35.7 Å². The number of esters is 1. The fraction of sp³-hybridized carbons (Fsp3) is 0.484. The molecule has 0 bridgehead atoms. The highest BCUT2D eigenvalue weighted by Crippen LogP contribution is 2.48. The molecule has 3 unspecified atom stereocenters. The number of hydrogen-bond acceptors (Lipinski definition) is 14. The fourth-order valence-electron chi connectivity index (χ4n) is 5.71. The Hall–Kier alpha value is -3.89. The lowest BCUT2D eigenvalue weighted by atomic mass is 9.96. The summed E-state index contributed by atoms with van der Waals surface area (Å²) >= 11 is 0. The number of anilines is 1. The van der Waals surface area contributed by atoms with Crippen molar-refractivity contribution in [3.63, 3.8) is 0 Å². The molecule has 0 radical (unpaired) electrons. The van der Waals surface area contributed by atoms with Crippen molar-refractivity contribution in [1.29, 1.82) is 0 Å². The first-order valence-electron chi connectivity index (χ1n) is 15.7. The maximum absolute atomic E-state index is 14.4. The summed E-state index contributed by atoms with van der Waals surface area (Å²) in [4.78, 5) is 25.7. The van der Waals surface area contributed by atoms with E-state index in [9.17, 15) is 19.6 Å². The Morgan fingerprint density at radius 3 is 2.73 bits per heavy atom. The fourth-order valence-corrected chi connectivity index (χ4v) is 7.23. The number of ether oxygens (including phenoxy) is 4. The van der Waals surface area contributed by atoms with Gasteiger partial charge in [-0.3, -0.25) is 13.9 Å². The number of aliphatic hydroxyl groups excluding tert-OH is 1. The molecule has 0 amide bonds. The van der Waals surface area contributed by atoms with Gasteiger partial charge in [0.15, 0.2) is 17.4 Å². The van der Waals surface area contributed by atoms with Crippen molar-refractivity contribution < 1.29 is 47.6 Å². The number of nitrogens with zero attached hydrogens (tertiary/aromatic N) is 4. The number of benzene rings is 2. The predicted molar refractivity (Wildman–Crippen MR) is 172 cm³/mol. The lowest BCUT2D eigenvalue weighted by Crippen LogP contribution is -2.44. The van der Waals surface area contributed by atoms with Gasteiger partial charge in [-0.05, 0) is 32.2 Å². The second-order valence-electron chi connectivity index (χ2n) is 11.8. The maximum atomic E-state index is 14.4. The molecule has 17 heteroatoms. The van der Waals surface area contributed by atoms with Crippen molar-refractivity contribution in [2.24, 2.45) is 0 Å². The molecular formula is C31H39N6O10P. The molecule has 16 nitrogen and oxygen atoms in total. The number of rotatable bonds is 12. The van der Waals surface area contributed by atoms with Crippen molar-refractivity contribution in [3.05, 3.63) is 48.8 Å². The Morgan fingerprint density at radius 2 is 1.96 bits per heavy atom. The summed E-state index contributed by atoms with van der Waals surface area (Å²) in [5, 5.41) is 26.8. The van der Waals surface area contributed by atoms with Gasteiger partial charge in [-0.15, -0.1) is 0 Å². The Balaban J connectivity index is 1.24. The first kappa shape index (κ1) is 34.0. The van der Waals surface area contributed by atoms with Crippen molar-refractivity contribution in [2.75, 3.05) is 32.2 Å². The number of nitrogen functional groups attached to an aromatic ring is 1. The lowest BCUT2D eigenvalue weighted by molar-refractivity contribution is -0.154. The Labute approximate surface area is 276 Å². The standard InChI is InChI=1S/C31H39N6O10P/c1-4-43-27-24-26(34-30(32)35-27)37(17-33-24)29-31(3,40)25(38)23(46-29)16-44-48(41,36-18(2)28(39)45-20-12-14-42-15-13-20)47-22-11-7-9-19-8-5-6-10-21(19)22/h5-11,17-18,20,23,25,29,38,40H,4,12-16H2,1-3H3,(H,36,41)(H2,32,34,35)/t18?,23-,25-,29?,31-,48?/m1/s1. The molecule has 0 saturated carbocycles. The van der Waals surface area contributed by atoms with E-state index in [4.69, 9.17) is 33.7 Å². The van der Waals surface area contributed by atoms with Crippen LogP contribution in [0.3, 0.4) is 0 Å². The van der Waals surface area contributed by atoms with Gasteiger partial charge in [-0.25, -0.2) is 9.55 Å². The van der Waals surface area contributed by atoms with Crippen LogP contribution in [0.15, 0.2) is 48.8 Å². The Bertz CT molecular complexity index is 1810. The molecule has 258 valence electrons. The molecule has 2 aliphatic rings. The number of carbonyl (C=O) groups excluding carboxylic acids is 1. The van der Waals surface area contributed by atoms with Crippen LogP contribution >= 0.6 is 7.75 Å². The summed E-state index contributed by atoms with van der Waals surface area (Å²) in [5.74, 6) is -0.349. The van der Waals surface area contributed by atoms with Crippen LogP contribution in [-0.2, 0) is 28.1 Å². The number of aromatic nitrogens is 4. The first-order valence-corrected chi connectivity index (χ1v) is 17.2. The number of nitrogens with one attached hydrogen (secondary N) is 1. The van der Waals surface area contributed by atoms with Crippen LogP contribution in [-0.4, -0.2) is 92.1 Å². The van der Waals surface area contributed by atoms with E-state index < -0.39 is 50.4 Å². The van der Waals surface area contributed by atoms with Gasteiger partial charge in [-0.1, -0.05) is 36.4 Å². The number of imidazole rings is 1. The zero-order valence-corrected chi connectivity index (χ0v) is 27.6. The van der Waals surface area contributed by atoms with E-state index in [0.29, 0.717) is 38.0 Å². The smallest absolute Gasteiger partial charge is 0.459 e. The normalized spacial score (nSPS) is 25.1. The minimum atomic E-state index is -4.39. The summed E-state index contributed by atoms with van der Waals surface area (Å²) < 4.78 is 50.3. The number of fused-ring (bicyclic) bond motifs is 2. The summed E-state index contributed by atoms with van der Waals surface area (Å²) in [6.45, 7) is 5.38. The second-order valence-corrected chi connectivity index (χ2v) is 13.5. The van der Waals surface area contributed by atoms with E-state index >= 15 is 0 Å². The van der Waals surface area contributed by atoms with E-state index in [1.54, 1.807) is 25.1 Å². The van der Waals surface area contributed by atoms with Crippen LogP contribution in [0, 0.1) is 0 Å². The van der Waals surface area contributed by atoms with Crippen LogP contribution in [0.5, 0.6) is 11.6 Å². The molecule has 2 aliphatic heterocycles. The molecule has 6 atom stereocenters. The third kappa shape index (κ3) is 6.96. The molecule has 4 heterocycles. The monoisotopic (exact) mass is 686 g/mol. The van der Waals surface area contributed by atoms with Gasteiger partial charge < -0.3 is 39.4 Å². The molecule has 2 fully saturated rings. The van der Waals surface area contributed by atoms with E-state index in [2.05, 4.69) is 20.0 Å². The molecule has 0 spiro atoms. The van der Waals surface area contributed by atoms with Gasteiger partial charge >= 0.3 is 13.7 Å². The van der Waals surface area contributed by atoms with Crippen molar-refractivity contribution in [3.8, 4) is 11.6 Å². The Kier molecular flexibility index (Phi) is 9.86. The zero-order valence-electron chi connectivity index (χ0n) is 26.7. The molecule has 2 aromatic carbocycles. The maximum Gasteiger partial charge on any atom is 0.459 e. The summed E-state index contributed by atoms with van der Waals surface area (Å²) in [6.07, 6.45) is -1.85. The van der Waals surface area contributed by atoms with E-state index in [1.807, 2.05) is 24.3 Å². The van der Waals surface area contributed by atoms with Crippen molar-refractivity contribution >= 4 is 41.6 Å². The molecule has 0 aliphatic carbocycles. The van der Waals surface area contributed by atoms with E-state index in [1.165, 1.54) is 24.7 Å². The van der Waals surface area contributed by atoms with Crippen LogP contribution in [0.25, 0.3) is 21.9 Å². The number of hydrogen-bond donors (Lipinski definition) is 4. The van der Waals surface area contributed by atoms with Crippen LogP contribution in [0.4, 0.5) is 5.95 Å². The SMILES string of the molecule is CCOc1nc(N)nc2c1ncn2C1O[C@H](COP(=O)(NC(C)C(=O)OC2CCOCC2)Oc2cccc3ccccc23)[C@@H](O)[C@@]1(C)O. The third-order valence-corrected chi connectivity index (χ3v) is 9.86. The topological polar surface area (TPSA) is 212 Å². The Morgan fingerprint density at radius 1 is 1.21 bits per heavy atom. The first-order chi connectivity index (χ1) is 23.0. The average molecular weight is 687 g/mol. The molecule has 6 rings (SSSR count). The zero-order chi connectivity index (χ0) is 34.1. The van der Waals surface area contributed by atoms with E-state index in [-0.39, 0.29) is 34.8 Å². The third-order valence-electron chi connectivity index (χ3n) is 8.23. The number of aliphatic hydroxyl groups is 2. The van der Waals surface area contributed by atoms with Gasteiger partial charge in [0.2, 0.25) is 11.8 Å². The van der Waals surface area contributed by atoms with Crippen molar-refractivity contribution in [1.82, 2.24) is 24.6 Å². The summed E-state index contributed by atoms with van der Waals surface area (Å²) in [7, 11) is -4.39. The highest BCUT2D eigenvalue weighted by atomic mass is 31.2. The lowest BCUT2D eigenvalue weighted by Gasteiger charge is -2.28. The van der Waals surface area contributed by atoms with Crippen LogP contribution in [0.2, 0.25) is 0 Å². The molecular weight excluding hydrogens is 647 g/mol. The minimum absolute atomic E-state index is 0.0900. The molecule has 2 aromatic heterocycles. The van der Waals surface area contributed by atoms with Gasteiger partial charge in [0, 0.05) is 18.2 Å². The summed E-state index contributed by atoms with van der Waals surface area (Å²) in [6, 6.07) is 11.5. The largest absolute Gasteiger partial charge is 0.476 e. The summed E-state index contributed by atoms with van der Waals surface area (Å²) in [5.41, 5.74) is 4.48. The van der Waals surface area contributed by atoms with Gasteiger partial charge in [0.25, 0.3) is 0 Å². The molecule has 2 saturated heterocycles. The molecule has 4 aromatic rings. The van der Waals surface area contributed by atoms with Crippen LogP contribution in [0.1, 0.15) is 39.8 Å². The van der Waals surface area contributed by atoms with Gasteiger partial charge in [0.05, 0.1) is 32.8 Å². The van der Waals surface area contributed by atoms with Crippen LogP contribution < -0.4 is 20.1 Å². The molecule has 5 N–H and O–H groups in total. The average Bonchev–Trinajstić information content (AvgIpc) is 3.57. The number of nitrogens with two attached hydrogens (primary N) is 1. The minimum Gasteiger partial charge on any atom is -0.476 e. The van der Waals surface area contributed by atoms with E-state index in [0.717, 1.165) is 5.39 Å². The van der Waals surface area contributed by atoms with Crippen molar-refractivity contribution in [2.45, 2.75) is 69.8 Å². The highest BCUT2D eigenvalue weighted by Gasteiger charge is 2.54. The predicted octanol–water partition coefficient (Wildman–Crippen LogP) is 2.87. The number of carbonyl (C=O) groups is 1.